The number of ketones is 2. The lowest BCUT2D eigenvalue weighted by molar-refractivity contribution is -0.124. The molecular formula is C25H36O2. The van der Waals surface area contributed by atoms with E-state index in [9.17, 15) is 9.59 Å². The smallest absolute Gasteiger partial charge is 0.161 e. The molecule has 0 aromatic rings. The van der Waals surface area contributed by atoms with E-state index in [1.807, 2.05) is 0 Å². The highest BCUT2D eigenvalue weighted by molar-refractivity contribution is 6.01. The number of carbonyl (C=O) groups excluding carboxylic acids is 2. The molecule has 2 heteroatoms. The van der Waals surface area contributed by atoms with Crippen LogP contribution in [0.1, 0.15) is 109 Å². The minimum absolute atomic E-state index is 0.118. The largest absolute Gasteiger partial charge is 0.294 e. The molecule has 27 heavy (non-hydrogen) atoms. The summed E-state index contributed by atoms with van der Waals surface area (Å²) in [4.78, 5) is 26.4. The molecule has 148 valence electrons. The molecule has 2 nitrogen and oxygen atoms in total. The Morgan fingerprint density at radius 3 is 1.33 bits per heavy atom. The molecule has 4 aliphatic rings. The third kappa shape index (κ3) is 4.30. The highest BCUT2D eigenvalue weighted by Crippen LogP contribution is 2.40. The lowest BCUT2D eigenvalue weighted by Gasteiger charge is -2.32. The second-order valence-corrected chi connectivity index (χ2v) is 9.43. The lowest BCUT2D eigenvalue weighted by Crippen LogP contribution is -2.30. The van der Waals surface area contributed by atoms with Gasteiger partial charge in [-0.05, 0) is 107 Å². The van der Waals surface area contributed by atoms with Gasteiger partial charge in [-0.15, -0.1) is 0 Å². The Kier molecular flexibility index (Phi) is 6.30. The number of Topliss-reactive ketones (excluding diaryl/α,β-unsaturated/α-hetero) is 2. The van der Waals surface area contributed by atoms with E-state index in [-0.39, 0.29) is 11.8 Å². The van der Waals surface area contributed by atoms with Crippen LogP contribution in [-0.4, -0.2) is 11.6 Å². The molecule has 0 N–H and O–H groups in total. The van der Waals surface area contributed by atoms with Crippen LogP contribution >= 0.6 is 0 Å². The third-order valence-corrected chi connectivity index (χ3v) is 7.63. The monoisotopic (exact) mass is 368 g/mol. The van der Waals surface area contributed by atoms with Gasteiger partial charge in [0.05, 0.1) is 0 Å². The Balaban J connectivity index is 1.46. The summed E-state index contributed by atoms with van der Waals surface area (Å²) in [6, 6.07) is 0. The molecular weight excluding hydrogens is 332 g/mol. The third-order valence-electron chi connectivity index (χ3n) is 7.63. The summed E-state index contributed by atoms with van der Waals surface area (Å²) in [5, 5.41) is 0. The van der Waals surface area contributed by atoms with E-state index in [2.05, 4.69) is 0 Å². The van der Waals surface area contributed by atoms with Crippen molar-refractivity contribution in [2.45, 2.75) is 109 Å². The number of rotatable bonds is 2. The average molecular weight is 369 g/mol. The van der Waals surface area contributed by atoms with Crippen molar-refractivity contribution in [3.8, 4) is 0 Å². The standard InChI is InChI=1S/C25H36O2/c26-24-20(13-7-15-22(24)18-9-3-1-4-10-18)17-21-14-8-16-23(25(21)27)19-11-5-2-6-12-19/h20-21H,1-17H2/t20-,21+. The number of hydrogen-bond donors (Lipinski definition) is 0. The summed E-state index contributed by atoms with van der Waals surface area (Å²) in [6.45, 7) is 0. The lowest BCUT2D eigenvalue weighted by atomic mass is 9.71. The van der Waals surface area contributed by atoms with Gasteiger partial charge >= 0.3 is 0 Å². The summed E-state index contributed by atoms with van der Waals surface area (Å²) < 4.78 is 0. The second kappa shape index (κ2) is 8.88. The molecule has 4 rings (SSSR count). The zero-order valence-electron chi connectivity index (χ0n) is 17.0. The van der Waals surface area contributed by atoms with Crippen molar-refractivity contribution < 1.29 is 9.59 Å². The minimum Gasteiger partial charge on any atom is -0.294 e. The fraction of sp³-hybridized carbons (Fsp3) is 0.760. The van der Waals surface area contributed by atoms with Crippen LogP contribution in [0.5, 0.6) is 0 Å². The van der Waals surface area contributed by atoms with E-state index in [1.165, 1.54) is 60.8 Å². The van der Waals surface area contributed by atoms with Gasteiger partial charge in [0, 0.05) is 11.8 Å². The Morgan fingerprint density at radius 2 is 0.926 bits per heavy atom. The molecule has 0 amide bonds. The van der Waals surface area contributed by atoms with Crippen molar-refractivity contribution in [2.75, 3.05) is 0 Å². The molecule has 0 aliphatic heterocycles. The zero-order valence-corrected chi connectivity index (χ0v) is 17.0. The molecule has 4 aliphatic carbocycles. The molecule has 4 saturated carbocycles. The minimum atomic E-state index is 0.118. The number of hydrogen-bond acceptors (Lipinski definition) is 2. The van der Waals surface area contributed by atoms with Gasteiger partial charge in [-0.3, -0.25) is 9.59 Å². The number of carbonyl (C=O) groups is 2. The molecule has 0 aromatic carbocycles. The highest BCUT2D eigenvalue weighted by atomic mass is 16.1. The molecule has 0 heterocycles. The first kappa shape index (κ1) is 19.2. The molecule has 0 aromatic heterocycles. The maximum atomic E-state index is 13.2. The van der Waals surface area contributed by atoms with Gasteiger partial charge in [-0.1, -0.05) is 24.0 Å². The van der Waals surface area contributed by atoms with Gasteiger partial charge in [0.2, 0.25) is 0 Å². The highest BCUT2D eigenvalue weighted by Gasteiger charge is 2.35. The van der Waals surface area contributed by atoms with E-state index in [4.69, 9.17) is 0 Å². The van der Waals surface area contributed by atoms with Crippen molar-refractivity contribution >= 4 is 11.6 Å². The van der Waals surface area contributed by atoms with E-state index < -0.39 is 0 Å². The summed E-state index contributed by atoms with van der Waals surface area (Å²) >= 11 is 0. The Labute approximate surface area is 164 Å². The first-order chi connectivity index (χ1) is 13.2. The van der Waals surface area contributed by atoms with E-state index in [0.29, 0.717) is 11.6 Å². The van der Waals surface area contributed by atoms with Crippen LogP contribution in [0.3, 0.4) is 0 Å². The normalized spacial score (nSPS) is 30.8. The predicted octanol–water partition coefficient (Wildman–Crippen LogP) is 6.64. The van der Waals surface area contributed by atoms with Crippen LogP contribution in [0.15, 0.2) is 22.3 Å². The zero-order chi connectivity index (χ0) is 18.6. The molecule has 0 unspecified atom stereocenters. The Hall–Kier alpha value is -1.18. The van der Waals surface area contributed by atoms with E-state index >= 15 is 0 Å². The van der Waals surface area contributed by atoms with E-state index in [0.717, 1.165) is 70.6 Å². The first-order valence-corrected chi connectivity index (χ1v) is 11.7. The summed E-state index contributed by atoms with van der Waals surface area (Å²) in [6.07, 6.45) is 19.4. The summed E-state index contributed by atoms with van der Waals surface area (Å²) in [5.74, 6) is 1.08. The Bertz CT molecular complexity index is 579. The topological polar surface area (TPSA) is 34.1 Å². The average Bonchev–Trinajstić information content (AvgIpc) is 2.72. The maximum Gasteiger partial charge on any atom is 0.161 e. The van der Waals surface area contributed by atoms with Crippen LogP contribution in [0.4, 0.5) is 0 Å². The van der Waals surface area contributed by atoms with Crippen molar-refractivity contribution in [3.63, 3.8) is 0 Å². The van der Waals surface area contributed by atoms with Crippen LogP contribution in [0, 0.1) is 11.8 Å². The van der Waals surface area contributed by atoms with Gasteiger partial charge in [-0.2, -0.15) is 0 Å². The van der Waals surface area contributed by atoms with Crippen molar-refractivity contribution in [1.29, 1.82) is 0 Å². The molecule has 4 fully saturated rings. The molecule has 0 radical (unpaired) electrons. The van der Waals surface area contributed by atoms with Gasteiger partial charge in [-0.25, -0.2) is 0 Å². The van der Waals surface area contributed by atoms with Crippen molar-refractivity contribution in [1.82, 2.24) is 0 Å². The van der Waals surface area contributed by atoms with Crippen LogP contribution in [0.2, 0.25) is 0 Å². The summed E-state index contributed by atoms with van der Waals surface area (Å²) in [5.41, 5.74) is 5.30. The first-order valence-electron chi connectivity index (χ1n) is 11.7. The van der Waals surface area contributed by atoms with Gasteiger partial charge in [0.25, 0.3) is 0 Å². The maximum absolute atomic E-state index is 13.2. The fourth-order valence-corrected chi connectivity index (χ4v) is 6.11. The molecule has 2 atom stereocenters. The van der Waals surface area contributed by atoms with Gasteiger partial charge in [0.15, 0.2) is 11.6 Å². The van der Waals surface area contributed by atoms with Gasteiger partial charge < -0.3 is 0 Å². The predicted molar refractivity (Wildman–Crippen MR) is 110 cm³/mol. The molecule has 0 saturated heterocycles. The fourth-order valence-electron chi connectivity index (χ4n) is 6.11. The summed E-state index contributed by atoms with van der Waals surface area (Å²) in [7, 11) is 0. The van der Waals surface area contributed by atoms with Crippen LogP contribution < -0.4 is 0 Å². The second-order valence-electron chi connectivity index (χ2n) is 9.43. The van der Waals surface area contributed by atoms with Crippen LogP contribution in [-0.2, 0) is 9.59 Å². The van der Waals surface area contributed by atoms with Gasteiger partial charge in [0.1, 0.15) is 0 Å². The molecule has 0 bridgehead atoms. The van der Waals surface area contributed by atoms with E-state index in [1.54, 1.807) is 0 Å². The molecule has 0 spiro atoms. The Morgan fingerprint density at radius 1 is 0.519 bits per heavy atom. The quantitative estimate of drug-likeness (QED) is 0.512. The van der Waals surface area contributed by atoms with Crippen molar-refractivity contribution in [2.24, 2.45) is 11.8 Å². The van der Waals surface area contributed by atoms with Crippen LogP contribution in [0.25, 0.3) is 0 Å². The SMILES string of the molecule is O=C1C(=C2CCCCC2)CCC[C@@H]1C[C@@H]1CCCC(=C2CCCCC2)C1=O. The van der Waals surface area contributed by atoms with Crippen molar-refractivity contribution in [3.05, 3.63) is 22.3 Å². The number of allylic oxidation sites excluding steroid dienone is 4.